The largest absolute Gasteiger partial charge is 0.478 e. The van der Waals surface area contributed by atoms with Gasteiger partial charge in [0.2, 0.25) is 0 Å². The minimum atomic E-state index is -1.09. The van der Waals surface area contributed by atoms with Crippen LogP contribution < -0.4 is 10.5 Å². The van der Waals surface area contributed by atoms with Crippen LogP contribution in [-0.4, -0.2) is 39.0 Å². The van der Waals surface area contributed by atoms with Crippen molar-refractivity contribution in [3.8, 4) is 17.5 Å². The smallest absolute Gasteiger partial charge is 0.348 e. The molecule has 0 bridgehead atoms. The fourth-order valence-corrected chi connectivity index (χ4v) is 3.89. The third kappa shape index (κ3) is 3.74. The van der Waals surface area contributed by atoms with Crippen molar-refractivity contribution in [2.45, 2.75) is 6.92 Å². The number of fused-ring (bicyclic) bond motifs is 2. The summed E-state index contributed by atoms with van der Waals surface area (Å²) in [6.45, 7) is 6.27. The van der Waals surface area contributed by atoms with Gasteiger partial charge in [0.25, 0.3) is 0 Å². The van der Waals surface area contributed by atoms with E-state index in [2.05, 4.69) is 22.5 Å². The highest BCUT2D eigenvalue weighted by molar-refractivity contribution is 5.95. The molecule has 10 nitrogen and oxygen atoms in total. The number of likely N-dealkylation sites (N-methyl/N-ethyl adjacent to an activating group) is 1. The average Bonchev–Trinajstić information content (AvgIpc) is 3.16. The molecule has 172 valence electrons. The second kappa shape index (κ2) is 8.73. The van der Waals surface area contributed by atoms with Crippen LogP contribution in [0.5, 0.6) is 0 Å². The Labute approximate surface area is 193 Å². The molecule has 0 spiro atoms. The van der Waals surface area contributed by atoms with E-state index in [0.717, 1.165) is 0 Å². The van der Waals surface area contributed by atoms with Crippen LogP contribution in [0.2, 0.25) is 0 Å². The molecule has 2 aromatic carbocycles. The summed E-state index contributed by atoms with van der Waals surface area (Å²) in [5.41, 5.74) is 1.27. The van der Waals surface area contributed by atoms with Crippen molar-refractivity contribution in [2.75, 3.05) is 18.0 Å². The van der Waals surface area contributed by atoms with E-state index in [9.17, 15) is 20.0 Å². The third-order valence-corrected chi connectivity index (χ3v) is 5.60. The maximum atomic E-state index is 13.0. The van der Waals surface area contributed by atoms with Crippen LogP contribution in [0, 0.1) is 11.3 Å². The number of aromatic nitrogens is 2. The first-order valence-corrected chi connectivity index (χ1v) is 10.2. The second-order valence-electron chi connectivity index (χ2n) is 7.58. The highest BCUT2D eigenvalue weighted by Crippen LogP contribution is 2.31. The molecule has 10 heteroatoms. The molecule has 2 heterocycles. The molecule has 0 atom stereocenters. The summed E-state index contributed by atoms with van der Waals surface area (Å²) in [4.78, 5) is 34.8. The number of aryl methyl sites for hydroxylation is 1. The number of carbonyl (C=O) groups is 1. The topological polar surface area (TPSA) is 142 Å². The van der Waals surface area contributed by atoms with E-state index < -0.39 is 11.6 Å². The molecule has 2 N–H and O–H groups in total. The third-order valence-electron chi connectivity index (χ3n) is 5.60. The van der Waals surface area contributed by atoms with Gasteiger partial charge in [-0.15, -0.1) is 0 Å². The molecule has 34 heavy (non-hydrogen) atoms. The number of anilines is 1. The zero-order chi connectivity index (χ0) is 24.6. The SMILES string of the molecule is C=C(CN(CC)c1ccc2c(C#N)c(-c3nc4cc(C(=O)O)ccc4n3C)c(=O)oc2c1)OO. The van der Waals surface area contributed by atoms with Gasteiger partial charge in [0.05, 0.1) is 28.7 Å². The van der Waals surface area contributed by atoms with E-state index in [4.69, 9.17) is 9.67 Å². The van der Waals surface area contributed by atoms with Crippen LogP contribution in [0.4, 0.5) is 5.69 Å². The van der Waals surface area contributed by atoms with Crippen molar-refractivity contribution in [3.63, 3.8) is 0 Å². The molecule has 0 unspecified atom stereocenters. The van der Waals surface area contributed by atoms with Crippen LogP contribution in [0.3, 0.4) is 0 Å². The molecule has 0 fully saturated rings. The van der Waals surface area contributed by atoms with Gasteiger partial charge in [-0.05, 0) is 37.3 Å². The zero-order valence-electron chi connectivity index (χ0n) is 18.4. The number of imidazole rings is 1. The van der Waals surface area contributed by atoms with Gasteiger partial charge < -0.3 is 23.9 Å². The lowest BCUT2D eigenvalue weighted by Gasteiger charge is -2.23. The number of carboxylic acid groups (broad SMARTS) is 1. The Hall–Kier alpha value is -4.62. The van der Waals surface area contributed by atoms with Crippen molar-refractivity contribution in [2.24, 2.45) is 7.05 Å². The number of nitriles is 1. The van der Waals surface area contributed by atoms with Crippen molar-refractivity contribution >= 4 is 33.7 Å². The molecular weight excluding hydrogens is 440 g/mol. The van der Waals surface area contributed by atoms with Crippen molar-refractivity contribution in [3.05, 3.63) is 70.3 Å². The Bertz CT molecular complexity index is 1560. The highest BCUT2D eigenvalue weighted by Gasteiger charge is 2.22. The van der Waals surface area contributed by atoms with Gasteiger partial charge in [0.1, 0.15) is 23.0 Å². The summed E-state index contributed by atoms with van der Waals surface area (Å²) >= 11 is 0. The van der Waals surface area contributed by atoms with Crippen molar-refractivity contribution in [1.82, 2.24) is 9.55 Å². The molecule has 0 saturated carbocycles. The molecule has 0 saturated heterocycles. The van der Waals surface area contributed by atoms with Gasteiger partial charge in [-0.3, -0.25) is 0 Å². The summed E-state index contributed by atoms with van der Waals surface area (Å²) in [7, 11) is 1.67. The standard InChI is InChI=1S/C24H20N4O6/c1-4-28(12-13(2)34-32)15-6-7-16-17(11-25)21(24(31)33-20(16)10-15)22-26-18-9-14(23(29)30)5-8-19(18)27(22)3/h5-10,32H,2,4,12H2,1,3H3,(H,29,30). The summed E-state index contributed by atoms with van der Waals surface area (Å²) in [5.74, 6) is -0.757. The number of nitrogens with zero attached hydrogens (tertiary/aromatic N) is 4. The normalized spacial score (nSPS) is 10.9. The van der Waals surface area contributed by atoms with Gasteiger partial charge in [0.15, 0.2) is 5.76 Å². The number of hydrogen-bond donors (Lipinski definition) is 2. The summed E-state index contributed by atoms with van der Waals surface area (Å²) < 4.78 is 7.20. The maximum Gasteiger partial charge on any atom is 0.348 e. The Kier molecular flexibility index (Phi) is 5.79. The van der Waals surface area contributed by atoms with Gasteiger partial charge in [0, 0.05) is 30.7 Å². The van der Waals surface area contributed by atoms with Crippen molar-refractivity contribution in [1.29, 1.82) is 5.26 Å². The predicted molar refractivity (Wildman–Crippen MR) is 125 cm³/mol. The lowest BCUT2D eigenvalue weighted by atomic mass is 10.0. The fourth-order valence-electron chi connectivity index (χ4n) is 3.89. The number of rotatable bonds is 7. The van der Waals surface area contributed by atoms with E-state index in [1.807, 2.05) is 11.8 Å². The first-order valence-electron chi connectivity index (χ1n) is 10.2. The van der Waals surface area contributed by atoms with E-state index in [1.54, 1.807) is 35.9 Å². The quantitative estimate of drug-likeness (QED) is 0.182. The van der Waals surface area contributed by atoms with Crippen LogP contribution in [0.15, 0.2) is 57.9 Å². The first-order chi connectivity index (χ1) is 16.3. The molecule has 0 aliphatic rings. The summed E-state index contributed by atoms with van der Waals surface area (Å²) in [6.07, 6.45) is 0. The first kappa shape index (κ1) is 22.6. The minimum absolute atomic E-state index is 0.00673. The van der Waals surface area contributed by atoms with Crippen LogP contribution in [0.1, 0.15) is 22.8 Å². The Balaban J connectivity index is 1.90. The predicted octanol–water partition coefficient (Wildman–Crippen LogP) is 3.75. The molecule has 0 aliphatic heterocycles. The summed E-state index contributed by atoms with van der Waals surface area (Å²) in [5, 5.41) is 28.4. The van der Waals surface area contributed by atoms with Crippen LogP contribution in [-0.2, 0) is 11.9 Å². The second-order valence-corrected chi connectivity index (χ2v) is 7.58. The molecule has 4 aromatic rings. The molecule has 4 rings (SSSR count). The van der Waals surface area contributed by atoms with Gasteiger partial charge in [-0.25, -0.2) is 19.8 Å². The van der Waals surface area contributed by atoms with Gasteiger partial charge in [-0.2, -0.15) is 5.26 Å². The Morgan fingerprint density at radius 2 is 2.09 bits per heavy atom. The average molecular weight is 460 g/mol. The number of benzene rings is 2. The van der Waals surface area contributed by atoms with Crippen LogP contribution >= 0.6 is 0 Å². The molecule has 0 aliphatic carbocycles. The summed E-state index contributed by atoms with van der Waals surface area (Å²) in [6, 6.07) is 11.6. The lowest BCUT2D eigenvalue weighted by molar-refractivity contribution is -0.203. The molecule has 2 aromatic heterocycles. The fraction of sp³-hybridized carbons (Fsp3) is 0.167. The minimum Gasteiger partial charge on any atom is -0.478 e. The van der Waals surface area contributed by atoms with E-state index in [0.29, 0.717) is 28.7 Å². The lowest BCUT2D eigenvalue weighted by Crippen LogP contribution is -2.25. The Morgan fingerprint density at radius 3 is 2.74 bits per heavy atom. The number of carboxylic acids is 1. The van der Waals surface area contributed by atoms with Gasteiger partial charge in [-0.1, -0.05) is 6.58 Å². The monoisotopic (exact) mass is 460 g/mol. The van der Waals surface area contributed by atoms with E-state index >= 15 is 0 Å². The zero-order valence-corrected chi connectivity index (χ0v) is 18.4. The van der Waals surface area contributed by atoms with E-state index in [-0.39, 0.29) is 40.4 Å². The maximum absolute atomic E-state index is 13.0. The van der Waals surface area contributed by atoms with Crippen molar-refractivity contribution < 1.29 is 24.5 Å². The molecule has 0 amide bonds. The van der Waals surface area contributed by atoms with Crippen LogP contribution in [0.25, 0.3) is 33.4 Å². The number of hydrogen-bond acceptors (Lipinski definition) is 8. The Morgan fingerprint density at radius 1 is 1.32 bits per heavy atom. The highest BCUT2D eigenvalue weighted by atomic mass is 17.1. The number of aromatic carboxylic acids is 1. The van der Waals surface area contributed by atoms with E-state index in [1.165, 1.54) is 12.1 Å². The van der Waals surface area contributed by atoms with Gasteiger partial charge >= 0.3 is 11.6 Å². The molecule has 0 radical (unpaired) electrons. The molecular formula is C24H20N4O6.